The second-order valence-corrected chi connectivity index (χ2v) is 5.36. The molecule has 3 heteroatoms. The van der Waals surface area contributed by atoms with Crippen molar-refractivity contribution in [3.8, 4) is 0 Å². The molecule has 0 saturated heterocycles. The number of hydrogen-bond donors (Lipinski definition) is 1. The van der Waals surface area contributed by atoms with E-state index in [4.69, 9.17) is 0 Å². The monoisotopic (exact) mass is 254 g/mol. The van der Waals surface area contributed by atoms with Crippen molar-refractivity contribution in [2.75, 3.05) is 26.7 Å². The van der Waals surface area contributed by atoms with E-state index in [1.54, 1.807) is 11.3 Å². The smallest absolute Gasteiger partial charge is 0.0107 e. The Hall–Kier alpha value is -0.380. The molecule has 0 bridgehead atoms. The van der Waals surface area contributed by atoms with Crippen molar-refractivity contribution in [3.63, 3.8) is 0 Å². The SMILES string of the molecule is CCC(CC)N(C)CCNCCc1ccsc1. The van der Waals surface area contributed by atoms with Crippen molar-refractivity contribution in [1.82, 2.24) is 10.2 Å². The number of thiophene rings is 1. The number of hydrogen-bond acceptors (Lipinski definition) is 3. The maximum atomic E-state index is 3.52. The topological polar surface area (TPSA) is 15.3 Å². The third-order valence-electron chi connectivity index (χ3n) is 3.38. The Kier molecular flexibility index (Phi) is 7.49. The highest BCUT2D eigenvalue weighted by molar-refractivity contribution is 7.07. The van der Waals surface area contributed by atoms with Gasteiger partial charge in [0.1, 0.15) is 0 Å². The van der Waals surface area contributed by atoms with E-state index < -0.39 is 0 Å². The van der Waals surface area contributed by atoms with E-state index in [9.17, 15) is 0 Å². The first-order valence-corrected chi connectivity index (χ1v) is 7.64. The molecule has 0 aromatic carbocycles. The van der Waals surface area contributed by atoms with E-state index in [0.29, 0.717) is 0 Å². The maximum absolute atomic E-state index is 3.52. The predicted octanol–water partition coefficient (Wildman–Crippen LogP) is 3.00. The van der Waals surface area contributed by atoms with Gasteiger partial charge in [0, 0.05) is 19.1 Å². The van der Waals surface area contributed by atoms with Crippen LogP contribution in [-0.2, 0) is 6.42 Å². The summed E-state index contributed by atoms with van der Waals surface area (Å²) in [5.74, 6) is 0. The zero-order valence-corrected chi connectivity index (χ0v) is 12.2. The average molecular weight is 254 g/mol. The zero-order chi connectivity index (χ0) is 12.5. The lowest BCUT2D eigenvalue weighted by Crippen LogP contribution is -2.36. The van der Waals surface area contributed by atoms with Gasteiger partial charge in [0.2, 0.25) is 0 Å². The minimum absolute atomic E-state index is 0.744. The first-order chi connectivity index (χ1) is 8.27. The Morgan fingerprint density at radius 3 is 2.65 bits per heavy atom. The Labute approximate surface area is 110 Å². The maximum Gasteiger partial charge on any atom is 0.0107 e. The standard InChI is InChI=1S/C14H26N2S/c1-4-14(5-2)16(3)10-9-15-8-6-13-7-11-17-12-13/h7,11-12,14-15H,4-6,8-10H2,1-3H3. The van der Waals surface area contributed by atoms with Crippen LogP contribution in [0.3, 0.4) is 0 Å². The van der Waals surface area contributed by atoms with Crippen LogP contribution in [0.25, 0.3) is 0 Å². The molecule has 0 aliphatic carbocycles. The van der Waals surface area contributed by atoms with Gasteiger partial charge < -0.3 is 10.2 Å². The van der Waals surface area contributed by atoms with Crippen LogP contribution in [0.2, 0.25) is 0 Å². The molecular weight excluding hydrogens is 228 g/mol. The van der Waals surface area contributed by atoms with Crippen molar-refractivity contribution in [1.29, 1.82) is 0 Å². The molecule has 2 nitrogen and oxygen atoms in total. The van der Waals surface area contributed by atoms with Crippen molar-refractivity contribution >= 4 is 11.3 Å². The number of nitrogens with one attached hydrogen (secondary N) is 1. The molecule has 1 aromatic rings. The Bertz CT molecular complexity index is 268. The summed E-state index contributed by atoms with van der Waals surface area (Å²) in [5.41, 5.74) is 1.45. The summed E-state index contributed by atoms with van der Waals surface area (Å²) in [6.07, 6.45) is 3.65. The molecule has 0 aliphatic rings. The second-order valence-electron chi connectivity index (χ2n) is 4.58. The fraction of sp³-hybridized carbons (Fsp3) is 0.714. The van der Waals surface area contributed by atoms with Gasteiger partial charge in [-0.05, 0) is 55.2 Å². The molecule has 17 heavy (non-hydrogen) atoms. The van der Waals surface area contributed by atoms with Crippen LogP contribution in [-0.4, -0.2) is 37.6 Å². The largest absolute Gasteiger partial charge is 0.315 e. The molecule has 0 unspecified atom stereocenters. The Balaban J connectivity index is 2.03. The lowest BCUT2D eigenvalue weighted by Gasteiger charge is -2.26. The van der Waals surface area contributed by atoms with Crippen molar-refractivity contribution in [3.05, 3.63) is 22.4 Å². The highest BCUT2D eigenvalue weighted by atomic mass is 32.1. The summed E-state index contributed by atoms with van der Waals surface area (Å²) >= 11 is 1.78. The van der Waals surface area contributed by atoms with Gasteiger partial charge >= 0.3 is 0 Å². The van der Waals surface area contributed by atoms with Crippen molar-refractivity contribution < 1.29 is 0 Å². The van der Waals surface area contributed by atoms with Gasteiger partial charge in [-0.2, -0.15) is 11.3 Å². The Morgan fingerprint density at radius 2 is 2.06 bits per heavy atom. The first kappa shape index (κ1) is 14.7. The van der Waals surface area contributed by atoms with E-state index in [1.807, 2.05) is 0 Å². The van der Waals surface area contributed by atoms with E-state index in [2.05, 4.69) is 47.9 Å². The summed E-state index contributed by atoms with van der Waals surface area (Å²) < 4.78 is 0. The van der Waals surface area contributed by atoms with E-state index in [-0.39, 0.29) is 0 Å². The van der Waals surface area contributed by atoms with Crippen LogP contribution in [0.5, 0.6) is 0 Å². The number of nitrogens with zero attached hydrogens (tertiary/aromatic N) is 1. The van der Waals surface area contributed by atoms with Crippen molar-refractivity contribution in [2.45, 2.75) is 39.2 Å². The van der Waals surface area contributed by atoms with Crippen LogP contribution in [0.4, 0.5) is 0 Å². The minimum atomic E-state index is 0.744. The van der Waals surface area contributed by atoms with Crippen molar-refractivity contribution in [2.24, 2.45) is 0 Å². The van der Waals surface area contributed by atoms with Gasteiger partial charge in [-0.15, -0.1) is 0 Å². The van der Waals surface area contributed by atoms with Crippen LogP contribution in [0, 0.1) is 0 Å². The summed E-state index contributed by atoms with van der Waals surface area (Å²) in [6.45, 7) is 7.88. The third kappa shape index (κ3) is 5.66. The van der Waals surface area contributed by atoms with E-state index >= 15 is 0 Å². The number of likely N-dealkylation sites (N-methyl/N-ethyl adjacent to an activating group) is 1. The zero-order valence-electron chi connectivity index (χ0n) is 11.4. The second kappa shape index (κ2) is 8.67. The molecule has 1 N–H and O–H groups in total. The highest BCUT2D eigenvalue weighted by Crippen LogP contribution is 2.06. The number of rotatable bonds is 9. The third-order valence-corrected chi connectivity index (χ3v) is 4.11. The van der Waals surface area contributed by atoms with E-state index in [1.165, 1.54) is 18.4 Å². The first-order valence-electron chi connectivity index (χ1n) is 6.70. The quantitative estimate of drug-likeness (QED) is 0.682. The van der Waals surface area contributed by atoms with Gasteiger partial charge in [-0.25, -0.2) is 0 Å². The lowest BCUT2D eigenvalue weighted by molar-refractivity contribution is 0.230. The fourth-order valence-corrected chi connectivity index (χ4v) is 2.85. The van der Waals surface area contributed by atoms with Gasteiger partial charge in [0.05, 0.1) is 0 Å². The van der Waals surface area contributed by atoms with Gasteiger partial charge in [0.15, 0.2) is 0 Å². The molecule has 0 fully saturated rings. The molecule has 1 heterocycles. The summed E-state index contributed by atoms with van der Waals surface area (Å²) in [4.78, 5) is 2.47. The van der Waals surface area contributed by atoms with Crippen LogP contribution in [0.1, 0.15) is 32.3 Å². The molecule has 1 rings (SSSR count). The molecular formula is C14H26N2S. The molecule has 0 amide bonds. The van der Waals surface area contributed by atoms with Gasteiger partial charge in [-0.3, -0.25) is 0 Å². The minimum Gasteiger partial charge on any atom is -0.315 e. The van der Waals surface area contributed by atoms with Crippen LogP contribution in [0.15, 0.2) is 16.8 Å². The summed E-state index contributed by atoms with van der Waals surface area (Å²) in [6, 6.07) is 2.96. The lowest BCUT2D eigenvalue weighted by atomic mass is 10.1. The highest BCUT2D eigenvalue weighted by Gasteiger charge is 2.08. The van der Waals surface area contributed by atoms with Gasteiger partial charge in [-0.1, -0.05) is 13.8 Å². The van der Waals surface area contributed by atoms with Crippen LogP contribution < -0.4 is 5.32 Å². The molecule has 0 saturated carbocycles. The summed E-state index contributed by atoms with van der Waals surface area (Å²) in [7, 11) is 2.23. The normalized spacial score (nSPS) is 11.6. The summed E-state index contributed by atoms with van der Waals surface area (Å²) in [5, 5.41) is 7.90. The van der Waals surface area contributed by atoms with Crippen LogP contribution >= 0.6 is 11.3 Å². The molecule has 1 aromatic heterocycles. The molecule has 0 radical (unpaired) electrons. The molecule has 0 spiro atoms. The predicted molar refractivity (Wildman–Crippen MR) is 77.9 cm³/mol. The average Bonchev–Trinajstić information content (AvgIpc) is 2.83. The Morgan fingerprint density at radius 1 is 1.29 bits per heavy atom. The fourth-order valence-electron chi connectivity index (χ4n) is 2.14. The van der Waals surface area contributed by atoms with Gasteiger partial charge in [0.25, 0.3) is 0 Å². The van der Waals surface area contributed by atoms with E-state index in [0.717, 1.165) is 32.1 Å². The molecule has 0 aliphatic heterocycles. The molecule has 98 valence electrons. The molecule has 0 atom stereocenters.